The van der Waals surface area contributed by atoms with Crippen LogP contribution in [-0.4, -0.2) is 5.91 Å². The van der Waals surface area contributed by atoms with Gasteiger partial charge in [-0.1, -0.05) is 28.8 Å². The molecule has 3 nitrogen and oxygen atoms in total. The largest absolute Gasteiger partial charge is 0.324 e. The standard InChI is InChI=1S/C15H17BrN2O/c1-10-7-12(16)8-11(2)13(10)18-14(19)15(9-17)5-3-4-6-15/h7-8H,3-6H2,1-2H3,(H,18,19). The molecule has 100 valence electrons. The summed E-state index contributed by atoms with van der Waals surface area (Å²) >= 11 is 3.44. The molecule has 1 aromatic rings. The van der Waals surface area contributed by atoms with Crippen LogP contribution in [0.2, 0.25) is 0 Å². The van der Waals surface area contributed by atoms with E-state index in [9.17, 15) is 10.1 Å². The van der Waals surface area contributed by atoms with E-state index in [4.69, 9.17) is 0 Å². The van der Waals surface area contributed by atoms with Crippen LogP contribution in [0.4, 0.5) is 5.69 Å². The normalized spacial score (nSPS) is 16.9. The molecule has 0 aliphatic heterocycles. The van der Waals surface area contributed by atoms with Crippen molar-refractivity contribution in [2.24, 2.45) is 5.41 Å². The summed E-state index contributed by atoms with van der Waals surface area (Å²) in [5.74, 6) is -0.152. The van der Waals surface area contributed by atoms with Crippen molar-refractivity contribution in [2.75, 3.05) is 5.32 Å². The summed E-state index contributed by atoms with van der Waals surface area (Å²) in [6.45, 7) is 3.92. The molecule has 1 aromatic carbocycles. The Balaban J connectivity index is 2.27. The zero-order valence-corrected chi connectivity index (χ0v) is 12.8. The van der Waals surface area contributed by atoms with Gasteiger partial charge in [-0.05, 0) is 49.9 Å². The average Bonchev–Trinajstić information content (AvgIpc) is 2.83. The molecule has 0 atom stereocenters. The van der Waals surface area contributed by atoms with Crippen molar-refractivity contribution in [1.29, 1.82) is 5.26 Å². The van der Waals surface area contributed by atoms with Crippen LogP contribution in [0.3, 0.4) is 0 Å². The number of nitriles is 1. The van der Waals surface area contributed by atoms with Crippen LogP contribution in [-0.2, 0) is 4.79 Å². The van der Waals surface area contributed by atoms with E-state index < -0.39 is 5.41 Å². The quantitative estimate of drug-likeness (QED) is 0.892. The van der Waals surface area contributed by atoms with Gasteiger partial charge in [0.05, 0.1) is 6.07 Å². The monoisotopic (exact) mass is 320 g/mol. The fourth-order valence-corrected chi connectivity index (χ4v) is 3.40. The number of hydrogen-bond acceptors (Lipinski definition) is 2. The summed E-state index contributed by atoms with van der Waals surface area (Å²) in [5.41, 5.74) is 2.01. The molecule has 19 heavy (non-hydrogen) atoms. The highest BCUT2D eigenvalue weighted by atomic mass is 79.9. The van der Waals surface area contributed by atoms with Crippen molar-refractivity contribution in [1.82, 2.24) is 0 Å². The van der Waals surface area contributed by atoms with Gasteiger partial charge in [0.15, 0.2) is 0 Å². The summed E-state index contributed by atoms with van der Waals surface area (Å²) in [6.07, 6.45) is 3.26. The first-order chi connectivity index (χ1) is 8.98. The van der Waals surface area contributed by atoms with Crippen molar-refractivity contribution in [3.63, 3.8) is 0 Å². The number of amides is 1. The number of aryl methyl sites for hydroxylation is 2. The van der Waals surface area contributed by atoms with Crippen LogP contribution in [0.15, 0.2) is 16.6 Å². The second-order valence-corrected chi connectivity index (χ2v) is 6.19. The van der Waals surface area contributed by atoms with Crippen LogP contribution in [0, 0.1) is 30.6 Å². The predicted molar refractivity (Wildman–Crippen MR) is 78.8 cm³/mol. The first-order valence-electron chi connectivity index (χ1n) is 6.48. The lowest BCUT2D eigenvalue weighted by Crippen LogP contribution is -2.32. The van der Waals surface area contributed by atoms with Crippen LogP contribution in [0.1, 0.15) is 36.8 Å². The minimum atomic E-state index is -0.827. The molecule has 0 aromatic heterocycles. The lowest BCUT2D eigenvalue weighted by molar-refractivity contribution is -0.122. The SMILES string of the molecule is Cc1cc(Br)cc(C)c1NC(=O)C1(C#N)CCCC1. The van der Waals surface area contributed by atoms with Gasteiger partial charge in [0.2, 0.25) is 5.91 Å². The van der Waals surface area contributed by atoms with Gasteiger partial charge in [-0.3, -0.25) is 4.79 Å². The maximum atomic E-state index is 12.4. The number of rotatable bonds is 2. The molecule has 0 heterocycles. The first kappa shape index (κ1) is 14.1. The van der Waals surface area contributed by atoms with E-state index in [0.29, 0.717) is 12.8 Å². The maximum absolute atomic E-state index is 12.4. The Morgan fingerprint density at radius 2 is 1.84 bits per heavy atom. The summed E-state index contributed by atoms with van der Waals surface area (Å²) in [5, 5.41) is 12.3. The van der Waals surface area contributed by atoms with Gasteiger partial charge in [-0.25, -0.2) is 0 Å². The van der Waals surface area contributed by atoms with Crippen LogP contribution < -0.4 is 5.32 Å². The minimum absolute atomic E-state index is 0.152. The lowest BCUT2D eigenvalue weighted by Gasteiger charge is -2.21. The van der Waals surface area contributed by atoms with Crippen LogP contribution in [0.5, 0.6) is 0 Å². The molecular formula is C15H17BrN2O. The summed E-state index contributed by atoms with van der Waals surface area (Å²) in [6, 6.07) is 6.16. The zero-order chi connectivity index (χ0) is 14.0. The number of anilines is 1. The first-order valence-corrected chi connectivity index (χ1v) is 7.27. The van der Waals surface area contributed by atoms with Crippen LogP contribution >= 0.6 is 15.9 Å². The molecule has 1 aliphatic carbocycles. The molecular weight excluding hydrogens is 304 g/mol. The highest BCUT2D eigenvalue weighted by Gasteiger charge is 2.41. The number of carbonyl (C=O) groups is 1. The molecule has 1 aliphatic rings. The van der Waals surface area contributed by atoms with Crippen molar-refractivity contribution in [3.8, 4) is 6.07 Å². The molecule has 0 spiro atoms. The van der Waals surface area contributed by atoms with Crippen molar-refractivity contribution < 1.29 is 4.79 Å². The van der Waals surface area contributed by atoms with Crippen molar-refractivity contribution in [2.45, 2.75) is 39.5 Å². The molecule has 1 fully saturated rings. The summed E-state index contributed by atoms with van der Waals surface area (Å²) < 4.78 is 0.997. The molecule has 4 heteroatoms. The molecule has 0 radical (unpaired) electrons. The molecule has 1 saturated carbocycles. The number of halogens is 1. The minimum Gasteiger partial charge on any atom is -0.324 e. The maximum Gasteiger partial charge on any atom is 0.244 e. The van der Waals surface area contributed by atoms with E-state index in [1.165, 1.54) is 0 Å². The lowest BCUT2D eigenvalue weighted by atomic mass is 9.87. The fourth-order valence-electron chi connectivity index (χ4n) is 2.71. The third-order valence-corrected chi connectivity index (χ3v) is 4.30. The molecule has 2 rings (SSSR count). The second-order valence-electron chi connectivity index (χ2n) is 5.27. The Bertz CT molecular complexity index is 531. The van der Waals surface area contributed by atoms with Gasteiger partial charge >= 0.3 is 0 Å². The highest BCUT2D eigenvalue weighted by molar-refractivity contribution is 9.10. The average molecular weight is 321 g/mol. The Hall–Kier alpha value is -1.34. The van der Waals surface area contributed by atoms with E-state index in [1.807, 2.05) is 26.0 Å². The molecule has 0 bridgehead atoms. The van der Waals surface area contributed by atoms with E-state index >= 15 is 0 Å². The Morgan fingerprint density at radius 1 is 1.32 bits per heavy atom. The number of nitrogens with zero attached hydrogens (tertiary/aromatic N) is 1. The van der Waals surface area contributed by atoms with E-state index in [1.54, 1.807) is 0 Å². The number of benzene rings is 1. The third kappa shape index (κ3) is 2.66. The Labute approximate surface area is 122 Å². The molecule has 0 saturated heterocycles. The Kier molecular flexibility index (Phi) is 3.96. The van der Waals surface area contributed by atoms with Gasteiger partial charge in [-0.15, -0.1) is 0 Å². The molecule has 1 N–H and O–H groups in total. The Morgan fingerprint density at radius 3 is 2.32 bits per heavy atom. The number of carbonyl (C=O) groups excluding carboxylic acids is 1. The molecule has 1 amide bonds. The topological polar surface area (TPSA) is 52.9 Å². The van der Waals surface area contributed by atoms with Gasteiger partial charge in [0.1, 0.15) is 5.41 Å². The van der Waals surface area contributed by atoms with E-state index in [0.717, 1.165) is 34.1 Å². The summed E-state index contributed by atoms with van der Waals surface area (Å²) in [7, 11) is 0. The zero-order valence-electron chi connectivity index (χ0n) is 11.2. The summed E-state index contributed by atoms with van der Waals surface area (Å²) in [4.78, 5) is 12.4. The number of hydrogen-bond donors (Lipinski definition) is 1. The van der Waals surface area contributed by atoms with E-state index in [-0.39, 0.29) is 5.91 Å². The van der Waals surface area contributed by atoms with Crippen molar-refractivity contribution in [3.05, 3.63) is 27.7 Å². The van der Waals surface area contributed by atoms with E-state index in [2.05, 4.69) is 27.3 Å². The van der Waals surface area contributed by atoms with Gasteiger partial charge < -0.3 is 5.32 Å². The number of nitrogens with one attached hydrogen (secondary N) is 1. The van der Waals surface area contributed by atoms with Gasteiger partial charge in [0.25, 0.3) is 0 Å². The fraction of sp³-hybridized carbons (Fsp3) is 0.467. The van der Waals surface area contributed by atoms with Gasteiger partial charge in [0, 0.05) is 10.2 Å². The predicted octanol–water partition coefficient (Wildman–Crippen LogP) is 4.09. The van der Waals surface area contributed by atoms with Gasteiger partial charge in [-0.2, -0.15) is 5.26 Å². The smallest absolute Gasteiger partial charge is 0.244 e. The van der Waals surface area contributed by atoms with Crippen molar-refractivity contribution >= 4 is 27.5 Å². The second kappa shape index (κ2) is 5.34. The third-order valence-electron chi connectivity index (χ3n) is 3.84. The highest BCUT2D eigenvalue weighted by Crippen LogP contribution is 2.39. The van der Waals surface area contributed by atoms with Crippen LogP contribution in [0.25, 0.3) is 0 Å². The molecule has 0 unspecified atom stereocenters.